The summed E-state index contributed by atoms with van der Waals surface area (Å²) >= 11 is 0. The van der Waals surface area contributed by atoms with E-state index in [1.165, 1.54) is 24.3 Å². The Balaban J connectivity index is 1.93. The highest BCUT2D eigenvalue weighted by molar-refractivity contribution is 6.12. The molecule has 1 heterocycles. The minimum atomic E-state index is -0.735. The lowest BCUT2D eigenvalue weighted by molar-refractivity contribution is 0.103. The maximum absolute atomic E-state index is 12.5. The molecule has 1 fully saturated rings. The van der Waals surface area contributed by atoms with Crippen LogP contribution in [0.4, 0.5) is 0 Å². The molecule has 0 aliphatic carbocycles. The van der Waals surface area contributed by atoms with E-state index < -0.39 is 11.9 Å². The molecular formula is C17H16O5. The second kappa shape index (κ2) is 5.44. The number of carbonyl (C=O) groups excluding carboxylic acids is 1. The van der Waals surface area contributed by atoms with Crippen molar-refractivity contribution in [3.05, 3.63) is 58.7 Å². The van der Waals surface area contributed by atoms with Gasteiger partial charge in [0, 0.05) is 0 Å². The molecule has 2 unspecified atom stereocenters. The lowest BCUT2D eigenvalue weighted by Gasteiger charge is -2.10. The van der Waals surface area contributed by atoms with Gasteiger partial charge in [-0.15, -0.1) is 0 Å². The molecule has 0 radical (unpaired) electrons. The molecule has 0 amide bonds. The number of aromatic hydroxyl groups is 2. The van der Waals surface area contributed by atoms with Crippen LogP contribution in [0.3, 0.4) is 0 Å². The number of benzene rings is 2. The Morgan fingerprint density at radius 2 is 1.73 bits per heavy atom. The van der Waals surface area contributed by atoms with Crippen molar-refractivity contribution in [1.82, 2.24) is 0 Å². The first-order chi connectivity index (χ1) is 10.5. The quantitative estimate of drug-likeness (QED) is 0.596. The molecule has 1 saturated heterocycles. The van der Waals surface area contributed by atoms with E-state index in [1.807, 2.05) is 0 Å². The second-order valence-electron chi connectivity index (χ2n) is 5.38. The number of epoxide rings is 1. The van der Waals surface area contributed by atoms with Gasteiger partial charge in [0.15, 0.2) is 5.78 Å². The van der Waals surface area contributed by atoms with Crippen molar-refractivity contribution in [2.24, 2.45) is 0 Å². The zero-order valence-corrected chi connectivity index (χ0v) is 12.0. The van der Waals surface area contributed by atoms with Crippen molar-refractivity contribution in [3.63, 3.8) is 0 Å². The first-order valence-electron chi connectivity index (χ1n) is 6.97. The van der Waals surface area contributed by atoms with Crippen LogP contribution in [0.2, 0.25) is 0 Å². The summed E-state index contributed by atoms with van der Waals surface area (Å²) in [5, 5.41) is 29.5. The molecular weight excluding hydrogens is 284 g/mol. The Morgan fingerprint density at radius 3 is 2.23 bits per heavy atom. The number of aliphatic hydroxyl groups excluding tert-OH is 1. The SMILES string of the molecule is CC(O)c1ccc(C(=O)c2ccc(C3CO3)cc2O)c(O)c1. The second-order valence-corrected chi connectivity index (χ2v) is 5.38. The summed E-state index contributed by atoms with van der Waals surface area (Å²) in [5.74, 6) is -0.843. The topological polar surface area (TPSA) is 90.3 Å². The molecule has 3 N–H and O–H groups in total. The van der Waals surface area contributed by atoms with E-state index in [-0.39, 0.29) is 28.7 Å². The molecule has 0 aromatic heterocycles. The van der Waals surface area contributed by atoms with Gasteiger partial charge in [-0.05, 0) is 42.3 Å². The van der Waals surface area contributed by atoms with Crippen molar-refractivity contribution < 1.29 is 24.9 Å². The Labute approximate surface area is 127 Å². The third kappa shape index (κ3) is 2.68. The Morgan fingerprint density at radius 1 is 1.14 bits per heavy atom. The molecule has 2 atom stereocenters. The summed E-state index contributed by atoms with van der Waals surface area (Å²) in [6, 6.07) is 9.12. The summed E-state index contributed by atoms with van der Waals surface area (Å²) in [6.45, 7) is 2.19. The highest BCUT2D eigenvalue weighted by atomic mass is 16.6. The highest BCUT2D eigenvalue weighted by Crippen LogP contribution is 2.34. The fraction of sp³-hybridized carbons (Fsp3) is 0.235. The van der Waals surface area contributed by atoms with E-state index in [4.69, 9.17) is 4.74 Å². The minimum Gasteiger partial charge on any atom is -0.507 e. The number of aliphatic hydroxyl groups is 1. The largest absolute Gasteiger partial charge is 0.507 e. The number of phenols is 2. The molecule has 1 aliphatic rings. The van der Waals surface area contributed by atoms with Gasteiger partial charge in [-0.2, -0.15) is 0 Å². The average molecular weight is 300 g/mol. The van der Waals surface area contributed by atoms with Crippen molar-refractivity contribution in [2.75, 3.05) is 6.61 Å². The van der Waals surface area contributed by atoms with Gasteiger partial charge in [0.1, 0.15) is 17.6 Å². The van der Waals surface area contributed by atoms with Crippen LogP contribution in [-0.2, 0) is 4.74 Å². The van der Waals surface area contributed by atoms with Crippen LogP contribution >= 0.6 is 0 Å². The predicted octanol–water partition coefficient (Wildman–Crippen LogP) is 2.45. The monoisotopic (exact) mass is 300 g/mol. The van der Waals surface area contributed by atoms with Gasteiger partial charge in [-0.25, -0.2) is 0 Å². The lowest BCUT2D eigenvalue weighted by Crippen LogP contribution is -2.03. The summed E-state index contributed by atoms with van der Waals surface area (Å²) in [7, 11) is 0. The van der Waals surface area contributed by atoms with Crippen molar-refractivity contribution in [2.45, 2.75) is 19.1 Å². The minimum absolute atomic E-state index is 0.00576. The van der Waals surface area contributed by atoms with Gasteiger partial charge < -0.3 is 20.1 Å². The van der Waals surface area contributed by atoms with Crippen LogP contribution in [0.5, 0.6) is 11.5 Å². The first-order valence-corrected chi connectivity index (χ1v) is 6.97. The summed E-state index contributed by atoms with van der Waals surface area (Å²) in [6.07, 6.45) is -0.741. The normalized spacial score (nSPS) is 18.0. The number of rotatable bonds is 4. The van der Waals surface area contributed by atoms with E-state index in [0.717, 1.165) is 5.56 Å². The van der Waals surface area contributed by atoms with Gasteiger partial charge in [0.2, 0.25) is 0 Å². The molecule has 1 aliphatic heterocycles. The number of ether oxygens (including phenoxy) is 1. The molecule has 0 saturated carbocycles. The standard InChI is InChI=1S/C17H16O5/c1-9(18)10-2-4-12(14(19)6-10)17(21)13-5-3-11(7-15(13)20)16-8-22-16/h2-7,9,16,18-20H,8H2,1H3. The number of hydrogen-bond acceptors (Lipinski definition) is 5. The smallest absolute Gasteiger partial charge is 0.200 e. The lowest BCUT2D eigenvalue weighted by atomic mass is 9.97. The summed E-state index contributed by atoms with van der Waals surface area (Å²) in [4.78, 5) is 12.5. The van der Waals surface area contributed by atoms with Crippen LogP contribution in [0.25, 0.3) is 0 Å². The van der Waals surface area contributed by atoms with Gasteiger partial charge in [-0.3, -0.25) is 4.79 Å². The van der Waals surface area contributed by atoms with Gasteiger partial charge in [-0.1, -0.05) is 12.1 Å². The van der Waals surface area contributed by atoms with Crippen LogP contribution in [0.1, 0.15) is 46.2 Å². The average Bonchev–Trinajstić information content (AvgIpc) is 3.31. The van der Waals surface area contributed by atoms with Crippen LogP contribution in [-0.4, -0.2) is 27.7 Å². The summed E-state index contributed by atoms with van der Waals surface area (Å²) < 4.78 is 5.13. The van der Waals surface area contributed by atoms with Crippen LogP contribution in [0, 0.1) is 0 Å². The summed E-state index contributed by atoms with van der Waals surface area (Å²) in [5.41, 5.74) is 1.53. The van der Waals surface area contributed by atoms with E-state index >= 15 is 0 Å². The van der Waals surface area contributed by atoms with E-state index in [9.17, 15) is 20.1 Å². The number of hydrogen-bond donors (Lipinski definition) is 3. The molecule has 2 aromatic rings. The number of ketones is 1. The Hall–Kier alpha value is -2.37. The molecule has 114 valence electrons. The maximum atomic E-state index is 12.5. The first kappa shape index (κ1) is 14.6. The zero-order valence-electron chi connectivity index (χ0n) is 12.0. The molecule has 3 rings (SSSR count). The predicted molar refractivity (Wildman–Crippen MR) is 79.0 cm³/mol. The highest BCUT2D eigenvalue weighted by Gasteiger charge is 2.26. The third-order valence-corrected chi connectivity index (χ3v) is 3.72. The van der Waals surface area contributed by atoms with Crippen molar-refractivity contribution >= 4 is 5.78 Å². The van der Waals surface area contributed by atoms with Gasteiger partial charge in [0.25, 0.3) is 0 Å². The zero-order chi connectivity index (χ0) is 15.9. The van der Waals surface area contributed by atoms with Crippen LogP contribution < -0.4 is 0 Å². The molecule has 22 heavy (non-hydrogen) atoms. The number of carbonyl (C=O) groups is 1. The molecule has 0 spiro atoms. The molecule has 5 heteroatoms. The van der Waals surface area contributed by atoms with Crippen molar-refractivity contribution in [1.29, 1.82) is 0 Å². The van der Waals surface area contributed by atoms with E-state index in [2.05, 4.69) is 0 Å². The molecule has 5 nitrogen and oxygen atoms in total. The van der Waals surface area contributed by atoms with Crippen LogP contribution in [0.15, 0.2) is 36.4 Å². The maximum Gasteiger partial charge on any atom is 0.200 e. The van der Waals surface area contributed by atoms with Gasteiger partial charge in [0.05, 0.1) is 23.8 Å². The van der Waals surface area contributed by atoms with Gasteiger partial charge >= 0.3 is 0 Å². The number of phenolic OH excluding ortho intramolecular Hbond substituents is 2. The fourth-order valence-electron chi connectivity index (χ4n) is 2.33. The molecule has 0 bridgehead atoms. The van der Waals surface area contributed by atoms with E-state index in [0.29, 0.717) is 12.2 Å². The van der Waals surface area contributed by atoms with E-state index in [1.54, 1.807) is 19.1 Å². The Bertz CT molecular complexity index is 678. The fourth-order valence-corrected chi connectivity index (χ4v) is 2.33. The molecule has 2 aromatic carbocycles. The Kier molecular flexibility index (Phi) is 3.60. The third-order valence-electron chi connectivity index (χ3n) is 3.72. The van der Waals surface area contributed by atoms with Crippen molar-refractivity contribution in [3.8, 4) is 11.5 Å².